The van der Waals surface area contributed by atoms with Crippen LogP contribution in [0.4, 0.5) is 5.69 Å². The number of benzene rings is 3. The van der Waals surface area contributed by atoms with Crippen molar-refractivity contribution in [1.29, 1.82) is 0 Å². The minimum atomic E-state index is -0.222. The summed E-state index contributed by atoms with van der Waals surface area (Å²) in [6.07, 6.45) is 1.69. The van der Waals surface area contributed by atoms with E-state index in [1.165, 1.54) is 0 Å². The highest BCUT2D eigenvalue weighted by Crippen LogP contribution is 2.33. The molecule has 0 aliphatic rings. The molecule has 0 bridgehead atoms. The molecule has 0 radical (unpaired) electrons. The number of aromatic amines is 1. The number of ether oxygens (including phenoxy) is 1. The first-order valence-electron chi connectivity index (χ1n) is 10.1. The van der Waals surface area contributed by atoms with E-state index in [2.05, 4.69) is 20.5 Å². The van der Waals surface area contributed by atoms with Crippen LogP contribution in [0.3, 0.4) is 0 Å². The highest BCUT2D eigenvalue weighted by molar-refractivity contribution is 6.04. The number of carbonyl (C=O) groups is 1. The minimum Gasteiger partial charge on any atom is -0.497 e. The third-order valence-electron chi connectivity index (χ3n) is 5.15. The van der Waals surface area contributed by atoms with Gasteiger partial charge in [-0.15, -0.1) is 0 Å². The molecule has 2 N–H and O–H groups in total. The van der Waals surface area contributed by atoms with Crippen LogP contribution < -0.4 is 10.1 Å². The van der Waals surface area contributed by atoms with Gasteiger partial charge < -0.3 is 14.5 Å². The van der Waals surface area contributed by atoms with E-state index in [9.17, 15) is 4.79 Å². The number of nitrogens with one attached hydrogen (secondary N) is 2. The van der Waals surface area contributed by atoms with Crippen molar-refractivity contribution in [2.24, 2.45) is 0 Å². The molecule has 2 heterocycles. The maximum Gasteiger partial charge on any atom is 0.255 e. The first kappa shape index (κ1) is 19.6. The average Bonchev–Trinajstić information content (AvgIpc) is 3.46. The molecular formula is C25H20N4O3. The molecule has 0 saturated heterocycles. The second kappa shape index (κ2) is 8.03. The Hall–Kier alpha value is -4.39. The number of aryl methyl sites for hydroxylation is 1. The first-order chi connectivity index (χ1) is 15.6. The monoisotopic (exact) mass is 424 g/mol. The van der Waals surface area contributed by atoms with Crippen LogP contribution in [0.2, 0.25) is 0 Å². The van der Waals surface area contributed by atoms with Crippen molar-refractivity contribution >= 4 is 22.7 Å². The largest absolute Gasteiger partial charge is 0.497 e. The van der Waals surface area contributed by atoms with Gasteiger partial charge in [0.1, 0.15) is 11.3 Å². The molecule has 0 aliphatic carbocycles. The maximum absolute atomic E-state index is 12.7. The Morgan fingerprint density at radius 3 is 2.81 bits per heavy atom. The Morgan fingerprint density at radius 2 is 1.94 bits per heavy atom. The van der Waals surface area contributed by atoms with Gasteiger partial charge >= 0.3 is 0 Å². The predicted molar refractivity (Wildman–Crippen MR) is 123 cm³/mol. The van der Waals surface area contributed by atoms with Crippen LogP contribution in [-0.4, -0.2) is 28.2 Å². The fourth-order valence-corrected chi connectivity index (χ4v) is 3.54. The molecule has 5 rings (SSSR count). The van der Waals surface area contributed by atoms with Crippen molar-refractivity contribution in [3.05, 3.63) is 84.1 Å². The first-order valence-corrected chi connectivity index (χ1v) is 10.1. The molecule has 0 unspecified atom stereocenters. The molecule has 7 nitrogen and oxygen atoms in total. The summed E-state index contributed by atoms with van der Waals surface area (Å²) in [6.45, 7) is 2.02. The van der Waals surface area contributed by atoms with Gasteiger partial charge in [0.25, 0.3) is 5.91 Å². The number of nitrogens with zero attached hydrogens (tertiary/aromatic N) is 2. The van der Waals surface area contributed by atoms with Gasteiger partial charge in [0.2, 0.25) is 5.89 Å². The van der Waals surface area contributed by atoms with Crippen molar-refractivity contribution in [3.8, 4) is 28.5 Å². The SMILES string of the molecule is COc1cccc(C(=O)Nc2cccc(-c3[nH]ncc3-c3nc4cc(C)ccc4o3)c2)c1. The molecule has 0 fully saturated rings. The normalized spacial score (nSPS) is 10.9. The van der Waals surface area contributed by atoms with Crippen molar-refractivity contribution in [2.45, 2.75) is 6.92 Å². The standard InChI is InChI=1S/C25H20N4O3/c1-15-9-10-22-21(11-15)28-25(32-22)20-14-26-29-23(20)16-5-3-7-18(12-16)27-24(30)17-6-4-8-19(13-17)31-2/h3-14H,1-2H3,(H,26,29)(H,27,30). The summed E-state index contributed by atoms with van der Waals surface area (Å²) in [5.41, 5.74) is 6.15. The van der Waals surface area contributed by atoms with Crippen LogP contribution in [0.15, 0.2) is 77.3 Å². The van der Waals surface area contributed by atoms with Gasteiger partial charge in [-0.2, -0.15) is 5.10 Å². The molecule has 3 aromatic carbocycles. The molecule has 2 aromatic heterocycles. The summed E-state index contributed by atoms with van der Waals surface area (Å²) in [7, 11) is 1.57. The zero-order valence-electron chi connectivity index (χ0n) is 17.5. The number of carbonyl (C=O) groups excluding carboxylic acids is 1. The van der Waals surface area contributed by atoms with E-state index in [-0.39, 0.29) is 5.91 Å². The van der Waals surface area contributed by atoms with Crippen molar-refractivity contribution in [2.75, 3.05) is 12.4 Å². The summed E-state index contributed by atoms with van der Waals surface area (Å²) < 4.78 is 11.2. The molecule has 32 heavy (non-hydrogen) atoms. The summed E-state index contributed by atoms with van der Waals surface area (Å²) in [6, 6.07) is 20.4. The number of anilines is 1. The molecule has 1 amide bonds. The molecule has 0 saturated carbocycles. The van der Waals surface area contributed by atoms with Crippen molar-refractivity contribution in [1.82, 2.24) is 15.2 Å². The number of amides is 1. The van der Waals surface area contributed by atoms with Gasteiger partial charge in [-0.05, 0) is 55.0 Å². The second-order valence-corrected chi connectivity index (χ2v) is 7.42. The van der Waals surface area contributed by atoms with Crippen LogP contribution in [-0.2, 0) is 0 Å². The fraction of sp³-hybridized carbons (Fsp3) is 0.0800. The van der Waals surface area contributed by atoms with Crippen molar-refractivity contribution in [3.63, 3.8) is 0 Å². The lowest BCUT2D eigenvalue weighted by Gasteiger charge is -2.08. The Labute approximate surface area is 184 Å². The van der Waals surface area contributed by atoms with Gasteiger partial charge in [-0.25, -0.2) is 4.98 Å². The van der Waals surface area contributed by atoms with Gasteiger partial charge in [-0.3, -0.25) is 9.89 Å². The van der Waals surface area contributed by atoms with E-state index in [1.54, 1.807) is 37.6 Å². The summed E-state index contributed by atoms with van der Waals surface area (Å²) in [4.78, 5) is 17.3. The van der Waals surface area contributed by atoms with E-state index in [0.29, 0.717) is 22.9 Å². The number of rotatable bonds is 5. The topological polar surface area (TPSA) is 93.0 Å². The highest BCUT2D eigenvalue weighted by atomic mass is 16.5. The summed E-state index contributed by atoms with van der Waals surface area (Å²) in [5.74, 6) is 0.891. The molecule has 0 aliphatic heterocycles. The Balaban J connectivity index is 1.45. The smallest absolute Gasteiger partial charge is 0.255 e. The molecular weight excluding hydrogens is 404 g/mol. The van der Waals surface area contributed by atoms with Crippen LogP contribution in [0.5, 0.6) is 5.75 Å². The van der Waals surface area contributed by atoms with Crippen molar-refractivity contribution < 1.29 is 13.9 Å². The predicted octanol–water partition coefficient (Wildman–Crippen LogP) is 5.45. The minimum absolute atomic E-state index is 0.222. The maximum atomic E-state index is 12.7. The number of oxazole rings is 1. The lowest BCUT2D eigenvalue weighted by molar-refractivity contribution is 0.102. The van der Waals surface area contributed by atoms with E-state index in [0.717, 1.165) is 33.5 Å². The van der Waals surface area contributed by atoms with Crippen LogP contribution in [0.1, 0.15) is 15.9 Å². The summed E-state index contributed by atoms with van der Waals surface area (Å²) >= 11 is 0. The second-order valence-electron chi connectivity index (χ2n) is 7.42. The Morgan fingerprint density at radius 1 is 1.06 bits per heavy atom. The fourth-order valence-electron chi connectivity index (χ4n) is 3.54. The van der Waals surface area contributed by atoms with Crippen LogP contribution >= 0.6 is 0 Å². The zero-order valence-corrected chi connectivity index (χ0v) is 17.5. The van der Waals surface area contributed by atoms with Crippen LogP contribution in [0.25, 0.3) is 33.8 Å². The zero-order chi connectivity index (χ0) is 22.1. The van der Waals surface area contributed by atoms with Gasteiger partial charge in [0.15, 0.2) is 5.58 Å². The Kier molecular flexibility index (Phi) is 4.91. The number of aromatic nitrogens is 3. The third kappa shape index (κ3) is 3.72. The van der Waals surface area contributed by atoms with Crippen LogP contribution in [0, 0.1) is 6.92 Å². The molecule has 7 heteroatoms. The van der Waals surface area contributed by atoms with E-state index < -0.39 is 0 Å². The quantitative estimate of drug-likeness (QED) is 0.391. The number of hydrogen-bond acceptors (Lipinski definition) is 5. The van der Waals surface area contributed by atoms with Gasteiger partial charge in [-0.1, -0.05) is 24.3 Å². The van der Waals surface area contributed by atoms with Gasteiger partial charge in [0.05, 0.1) is 24.6 Å². The van der Waals surface area contributed by atoms with E-state index in [1.807, 2.05) is 49.4 Å². The van der Waals surface area contributed by atoms with E-state index >= 15 is 0 Å². The Bertz CT molecular complexity index is 1430. The van der Waals surface area contributed by atoms with Gasteiger partial charge in [0, 0.05) is 16.8 Å². The lowest BCUT2D eigenvalue weighted by Crippen LogP contribution is -2.11. The summed E-state index contributed by atoms with van der Waals surface area (Å²) in [5, 5.41) is 10.1. The molecule has 0 spiro atoms. The molecule has 0 atom stereocenters. The highest BCUT2D eigenvalue weighted by Gasteiger charge is 2.17. The third-order valence-corrected chi connectivity index (χ3v) is 5.15. The molecule has 158 valence electrons. The molecule has 5 aromatic rings. The lowest BCUT2D eigenvalue weighted by atomic mass is 10.1. The number of H-pyrrole nitrogens is 1. The number of methoxy groups -OCH3 is 1. The number of hydrogen-bond donors (Lipinski definition) is 2. The van der Waals surface area contributed by atoms with E-state index in [4.69, 9.17) is 9.15 Å². The average molecular weight is 424 g/mol. The number of fused-ring (bicyclic) bond motifs is 1.